The van der Waals surface area contributed by atoms with E-state index in [9.17, 15) is 14.0 Å². The minimum absolute atomic E-state index is 0.204. The van der Waals surface area contributed by atoms with E-state index >= 15 is 0 Å². The smallest absolute Gasteiger partial charge is 0.277 e. The van der Waals surface area contributed by atoms with Gasteiger partial charge in [0, 0.05) is 19.0 Å². The SMILES string of the molecule is CN(C(=O)c1noc2c1CCCC2)C(C(N)=O)c1cccc(F)c1. The molecule has 1 atom stereocenters. The number of halogens is 1. The van der Waals surface area contributed by atoms with Crippen LogP contribution in [0.1, 0.15) is 46.3 Å². The van der Waals surface area contributed by atoms with Gasteiger partial charge in [0.1, 0.15) is 17.6 Å². The summed E-state index contributed by atoms with van der Waals surface area (Å²) in [5, 5.41) is 3.88. The molecule has 1 aromatic carbocycles. The zero-order chi connectivity index (χ0) is 17.3. The van der Waals surface area contributed by atoms with Crippen molar-refractivity contribution in [3.05, 3.63) is 52.7 Å². The third-order valence-corrected chi connectivity index (χ3v) is 4.29. The molecule has 2 N–H and O–H groups in total. The summed E-state index contributed by atoms with van der Waals surface area (Å²) in [5.74, 6) is -0.985. The third kappa shape index (κ3) is 2.89. The largest absolute Gasteiger partial charge is 0.368 e. The molecule has 6 nitrogen and oxygen atoms in total. The number of benzene rings is 1. The van der Waals surface area contributed by atoms with Gasteiger partial charge in [0.05, 0.1) is 0 Å². The summed E-state index contributed by atoms with van der Waals surface area (Å²) >= 11 is 0. The Labute approximate surface area is 138 Å². The van der Waals surface area contributed by atoms with Crippen molar-refractivity contribution in [1.29, 1.82) is 0 Å². The molecule has 0 aliphatic heterocycles. The fraction of sp³-hybridized carbons (Fsp3) is 0.353. The number of carbonyl (C=O) groups is 2. The molecule has 7 heteroatoms. The van der Waals surface area contributed by atoms with E-state index in [0.29, 0.717) is 5.56 Å². The van der Waals surface area contributed by atoms with Crippen molar-refractivity contribution < 1.29 is 18.5 Å². The van der Waals surface area contributed by atoms with Crippen molar-refractivity contribution in [2.45, 2.75) is 31.7 Å². The molecule has 1 aliphatic rings. The van der Waals surface area contributed by atoms with E-state index < -0.39 is 23.7 Å². The first-order valence-electron chi connectivity index (χ1n) is 7.78. The van der Waals surface area contributed by atoms with Gasteiger partial charge >= 0.3 is 0 Å². The lowest BCUT2D eigenvalue weighted by Crippen LogP contribution is -2.39. The highest BCUT2D eigenvalue weighted by Gasteiger charge is 2.32. The Kier molecular flexibility index (Phi) is 4.33. The first kappa shape index (κ1) is 16.2. The van der Waals surface area contributed by atoms with Crippen LogP contribution in [-0.2, 0) is 17.6 Å². The van der Waals surface area contributed by atoms with Crippen LogP contribution in [-0.4, -0.2) is 28.9 Å². The minimum atomic E-state index is -1.08. The highest BCUT2D eigenvalue weighted by Crippen LogP contribution is 2.27. The molecule has 2 aromatic rings. The number of primary amides is 1. The third-order valence-electron chi connectivity index (χ3n) is 4.29. The molecule has 0 fully saturated rings. The average Bonchev–Trinajstić information content (AvgIpc) is 2.98. The van der Waals surface area contributed by atoms with Gasteiger partial charge in [-0.15, -0.1) is 0 Å². The van der Waals surface area contributed by atoms with Crippen molar-refractivity contribution in [1.82, 2.24) is 10.1 Å². The van der Waals surface area contributed by atoms with E-state index in [4.69, 9.17) is 10.3 Å². The van der Waals surface area contributed by atoms with Crippen LogP contribution in [0.15, 0.2) is 28.8 Å². The molecule has 3 rings (SSSR count). The molecule has 0 radical (unpaired) electrons. The molecule has 24 heavy (non-hydrogen) atoms. The van der Waals surface area contributed by atoms with Gasteiger partial charge in [-0.25, -0.2) is 4.39 Å². The van der Waals surface area contributed by atoms with Crippen LogP contribution in [0.4, 0.5) is 4.39 Å². The maximum atomic E-state index is 13.5. The molecule has 2 amide bonds. The Hall–Kier alpha value is -2.70. The molecule has 0 saturated carbocycles. The zero-order valence-electron chi connectivity index (χ0n) is 13.3. The number of aryl methyl sites for hydroxylation is 1. The number of likely N-dealkylation sites (N-methyl/N-ethyl adjacent to an activating group) is 1. The van der Waals surface area contributed by atoms with Crippen LogP contribution >= 0.6 is 0 Å². The lowest BCUT2D eigenvalue weighted by atomic mass is 9.96. The van der Waals surface area contributed by atoms with Gasteiger partial charge in [-0.3, -0.25) is 9.59 Å². The van der Waals surface area contributed by atoms with Crippen molar-refractivity contribution in [3.8, 4) is 0 Å². The number of hydrogen-bond acceptors (Lipinski definition) is 4. The van der Waals surface area contributed by atoms with E-state index in [-0.39, 0.29) is 5.69 Å². The summed E-state index contributed by atoms with van der Waals surface area (Å²) in [6.07, 6.45) is 3.43. The Morgan fingerprint density at radius 2 is 2.08 bits per heavy atom. The number of nitrogens with two attached hydrogens (primary N) is 1. The van der Waals surface area contributed by atoms with Crippen LogP contribution in [0.25, 0.3) is 0 Å². The first-order valence-corrected chi connectivity index (χ1v) is 7.78. The standard InChI is InChI=1S/C17H18FN3O3/c1-21(15(16(19)22)10-5-4-6-11(18)9-10)17(23)14-12-7-2-3-8-13(12)24-20-14/h4-6,9,15H,2-3,7-8H2,1H3,(H2,19,22). The molecule has 0 bridgehead atoms. The number of amides is 2. The molecule has 0 saturated heterocycles. The zero-order valence-corrected chi connectivity index (χ0v) is 13.3. The molecule has 0 spiro atoms. The summed E-state index contributed by atoms with van der Waals surface area (Å²) in [6.45, 7) is 0. The molecule has 1 aliphatic carbocycles. The topological polar surface area (TPSA) is 89.4 Å². The van der Waals surface area contributed by atoms with E-state index in [2.05, 4.69) is 5.16 Å². The van der Waals surface area contributed by atoms with E-state index in [1.807, 2.05) is 0 Å². The van der Waals surface area contributed by atoms with Gasteiger partial charge in [0.25, 0.3) is 5.91 Å². The monoisotopic (exact) mass is 331 g/mol. The number of rotatable bonds is 4. The Morgan fingerprint density at radius 1 is 1.33 bits per heavy atom. The summed E-state index contributed by atoms with van der Waals surface area (Å²) < 4.78 is 18.7. The second-order valence-corrected chi connectivity index (χ2v) is 5.92. The number of nitrogens with zero attached hydrogens (tertiary/aromatic N) is 2. The molecule has 1 aromatic heterocycles. The molecular weight excluding hydrogens is 313 g/mol. The summed E-state index contributed by atoms with van der Waals surface area (Å²) in [6, 6.07) is 4.40. The minimum Gasteiger partial charge on any atom is -0.368 e. The van der Waals surface area contributed by atoms with Crippen molar-refractivity contribution in [2.75, 3.05) is 7.05 Å². The predicted octanol–water partition coefficient (Wildman–Crippen LogP) is 1.99. The van der Waals surface area contributed by atoms with Crippen LogP contribution < -0.4 is 5.73 Å². The normalized spacial score (nSPS) is 14.8. The second-order valence-electron chi connectivity index (χ2n) is 5.92. The maximum absolute atomic E-state index is 13.5. The molecule has 126 valence electrons. The number of carbonyl (C=O) groups excluding carboxylic acids is 2. The summed E-state index contributed by atoms with van der Waals surface area (Å²) in [5.41, 5.74) is 6.76. The second kappa shape index (κ2) is 6.43. The fourth-order valence-corrected chi connectivity index (χ4v) is 3.09. The van der Waals surface area contributed by atoms with Crippen LogP contribution in [0.2, 0.25) is 0 Å². The number of hydrogen-bond donors (Lipinski definition) is 1. The van der Waals surface area contributed by atoms with Gasteiger partial charge in [-0.2, -0.15) is 0 Å². The quantitative estimate of drug-likeness (QED) is 0.928. The molecular formula is C17H18FN3O3. The van der Waals surface area contributed by atoms with Crippen molar-refractivity contribution in [3.63, 3.8) is 0 Å². The van der Waals surface area contributed by atoms with Gasteiger partial charge in [-0.05, 0) is 37.0 Å². The van der Waals surface area contributed by atoms with Crippen molar-refractivity contribution >= 4 is 11.8 Å². The van der Waals surface area contributed by atoms with E-state index in [1.54, 1.807) is 6.07 Å². The fourth-order valence-electron chi connectivity index (χ4n) is 3.09. The predicted molar refractivity (Wildman–Crippen MR) is 83.6 cm³/mol. The summed E-state index contributed by atoms with van der Waals surface area (Å²) in [4.78, 5) is 25.8. The average molecular weight is 331 g/mol. The number of fused-ring (bicyclic) bond motifs is 1. The van der Waals surface area contributed by atoms with E-state index in [0.717, 1.165) is 37.0 Å². The Morgan fingerprint density at radius 3 is 2.79 bits per heavy atom. The Balaban J connectivity index is 1.93. The van der Waals surface area contributed by atoms with Gasteiger partial charge in [0.15, 0.2) is 5.69 Å². The van der Waals surface area contributed by atoms with Crippen LogP contribution in [0.5, 0.6) is 0 Å². The van der Waals surface area contributed by atoms with Crippen molar-refractivity contribution in [2.24, 2.45) is 5.73 Å². The van der Waals surface area contributed by atoms with Gasteiger partial charge in [-0.1, -0.05) is 17.3 Å². The highest BCUT2D eigenvalue weighted by molar-refractivity contribution is 5.97. The Bertz CT molecular complexity index is 787. The summed E-state index contributed by atoms with van der Waals surface area (Å²) in [7, 11) is 1.45. The lowest BCUT2D eigenvalue weighted by molar-refractivity contribution is -0.122. The lowest BCUT2D eigenvalue weighted by Gasteiger charge is -2.25. The first-order chi connectivity index (χ1) is 11.5. The van der Waals surface area contributed by atoms with E-state index in [1.165, 1.54) is 30.1 Å². The van der Waals surface area contributed by atoms with Gasteiger partial charge in [0.2, 0.25) is 5.91 Å². The molecule has 1 unspecified atom stereocenters. The van der Waals surface area contributed by atoms with Crippen LogP contribution in [0, 0.1) is 5.82 Å². The molecule has 1 heterocycles. The van der Waals surface area contributed by atoms with Gasteiger partial charge < -0.3 is 15.2 Å². The highest BCUT2D eigenvalue weighted by atomic mass is 19.1. The number of aromatic nitrogens is 1. The maximum Gasteiger partial charge on any atom is 0.277 e. The van der Waals surface area contributed by atoms with Crippen LogP contribution in [0.3, 0.4) is 0 Å².